The number of rotatable bonds is 3. The molecule has 4 heteroatoms. The van der Waals surface area contributed by atoms with Crippen molar-refractivity contribution < 1.29 is 4.79 Å². The highest BCUT2D eigenvalue weighted by Crippen LogP contribution is 2.18. The van der Waals surface area contributed by atoms with Gasteiger partial charge in [0.2, 0.25) is 0 Å². The van der Waals surface area contributed by atoms with Crippen molar-refractivity contribution in [2.75, 3.05) is 7.05 Å². The largest absolute Gasteiger partial charge is 0.348 e. The van der Waals surface area contributed by atoms with Crippen molar-refractivity contribution >= 4 is 5.91 Å². The minimum Gasteiger partial charge on any atom is -0.348 e. The molecule has 4 nitrogen and oxygen atoms in total. The predicted molar refractivity (Wildman–Crippen MR) is 66.8 cm³/mol. The molecule has 2 rings (SSSR count). The molecule has 1 aliphatic rings. The van der Waals surface area contributed by atoms with Crippen molar-refractivity contribution in [1.82, 2.24) is 15.6 Å². The molecule has 1 aromatic rings. The maximum atomic E-state index is 11.9. The first-order chi connectivity index (χ1) is 8.29. The molecule has 0 atom stereocenters. The van der Waals surface area contributed by atoms with Crippen LogP contribution in [0.2, 0.25) is 0 Å². The van der Waals surface area contributed by atoms with Gasteiger partial charge in [0.05, 0.1) is 0 Å². The van der Waals surface area contributed by atoms with E-state index in [0.29, 0.717) is 17.8 Å². The lowest BCUT2D eigenvalue weighted by molar-refractivity contribution is 0.0919. The van der Waals surface area contributed by atoms with Crippen LogP contribution in [0.1, 0.15) is 36.2 Å². The third kappa shape index (κ3) is 3.27. The van der Waals surface area contributed by atoms with Crippen LogP contribution in [0.4, 0.5) is 0 Å². The van der Waals surface area contributed by atoms with E-state index in [4.69, 9.17) is 0 Å². The maximum absolute atomic E-state index is 11.9. The summed E-state index contributed by atoms with van der Waals surface area (Å²) in [5.74, 6) is -0.0569. The molecule has 1 amide bonds. The van der Waals surface area contributed by atoms with Crippen LogP contribution in [-0.4, -0.2) is 30.0 Å². The van der Waals surface area contributed by atoms with Crippen molar-refractivity contribution in [3.8, 4) is 0 Å². The average molecular weight is 233 g/mol. The molecular weight excluding hydrogens is 214 g/mol. The Morgan fingerprint density at radius 2 is 1.94 bits per heavy atom. The molecule has 0 bridgehead atoms. The molecule has 0 unspecified atom stereocenters. The Labute approximate surface area is 102 Å². The highest BCUT2D eigenvalue weighted by molar-refractivity contribution is 5.92. The Kier molecular flexibility index (Phi) is 4.09. The van der Waals surface area contributed by atoms with Gasteiger partial charge in [-0.2, -0.15) is 0 Å². The third-order valence-electron chi connectivity index (χ3n) is 3.37. The molecule has 2 N–H and O–H groups in total. The van der Waals surface area contributed by atoms with Crippen LogP contribution in [0.25, 0.3) is 0 Å². The summed E-state index contributed by atoms with van der Waals surface area (Å²) >= 11 is 0. The third-order valence-corrected chi connectivity index (χ3v) is 3.37. The smallest absolute Gasteiger partial charge is 0.270 e. The standard InChI is InChI=1S/C13H19N3O/c1-14-10-5-7-11(8-6-10)16-13(17)12-4-2-3-9-15-12/h2-4,9-11,14H,5-8H2,1H3,(H,16,17). The number of hydrogen-bond donors (Lipinski definition) is 2. The van der Waals surface area contributed by atoms with Crippen molar-refractivity contribution in [2.45, 2.75) is 37.8 Å². The SMILES string of the molecule is CNC1CCC(NC(=O)c2ccccn2)CC1. The van der Waals surface area contributed by atoms with E-state index in [1.807, 2.05) is 19.2 Å². The number of amides is 1. The fourth-order valence-corrected chi connectivity index (χ4v) is 2.28. The van der Waals surface area contributed by atoms with Crippen molar-refractivity contribution in [2.24, 2.45) is 0 Å². The van der Waals surface area contributed by atoms with Gasteiger partial charge >= 0.3 is 0 Å². The molecule has 17 heavy (non-hydrogen) atoms. The number of aromatic nitrogens is 1. The van der Waals surface area contributed by atoms with Crippen molar-refractivity contribution in [3.63, 3.8) is 0 Å². The lowest BCUT2D eigenvalue weighted by atomic mass is 9.91. The minimum absolute atomic E-state index is 0.0569. The zero-order valence-corrected chi connectivity index (χ0v) is 10.1. The molecular formula is C13H19N3O. The first-order valence-electron chi connectivity index (χ1n) is 6.18. The summed E-state index contributed by atoms with van der Waals surface area (Å²) in [6.45, 7) is 0. The van der Waals surface area contributed by atoms with Crippen LogP contribution < -0.4 is 10.6 Å². The first kappa shape index (κ1) is 12.0. The second kappa shape index (κ2) is 5.77. The van der Waals surface area contributed by atoms with E-state index >= 15 is 0 Å². The summed E-state index contributed by atoms with van der Waals surface area (Å²) in [6.07, 6.45) is 5.99. The number of nitrogens with one attached hydrogen (secondary N) is 2. The lowest BCUT2D eigenvalue weighted by Crippen LogP contribution is -2.41. The van der Waals surface area contributed by atoms with E-state index in [2.05, 4.69) is 15.6 Å². The quantitative estimate of drug-likeness (QED) is 0.828. The summed E-state index contributed by atoms with van der Waals surface area (Å²) in [4.78, 5) is 15.9. The molecule has 0 saturated heterocycles. The molecule has 92 valence electrons. The second-order valence-corrected chi connectivity index (χ2v) is 4.53. The summed E-state index contributed by atoms with van der Waals surface area (Å²) in [5, 5.41) is 6.33. The van der Waals surface area contributed by atoms with Gasteiger partial charge in [0.1, 0.15) is 5.69 Å². The molecule has 1 heterocycles. The van der Waals surface area contributed by atoms with Crippen LogP contribution in [-0.2, 0) is 0 Å². The molecule has 1 aromatic heterocycles. The fourth-order valence-electron chi connectivity index (χ4n) is 2.28. The van der Waals surface area contributed by atoms with Crippen molar-refractivity contribution in [1.29, 1.82) is 0 Å². The summed E-state index contributed by atoms with van der Waals surface area (Å²) in [6, 6.07) is 6.30. The molecule has 1 fully saturated rings. The van der Waals surface area contributed by atoms with Gasteiger partial charge < -0.3 is 10.6 Å². The van der Waals surface area contributed by atoms with Gasteiger partial charge in [-0.3, -0.25) is 9.78 Å². The van der Waals surface area contributed by atoms with Crippen LogP contribution in [0.5, 0.6) is 0 Å². The van der Waals surface area contributed by atoms with Crippen LogP contribution in [0.15, 0.2) is 24.4 Å². The summed E-state index contributed by atoms with van der Waals surface area (Å²) in [5.41, 5.74) is 0.503. The van der Waals surface area contributed by atoms with Crippen LogP contribution >= 0.6 is 0 Å². The van der Waals surface area contributed by atoms with Gasteiger partial charge in [-0.15, -0.1) is 0 Å². The van der Waals surface area contributed by atoms with Gasteiger partial charge in [-0.1, -0.05) is 6.07 Å². The van der Waals surface area contributed by atoms with Gasteiger partial charge in [-0.25, -0.2) is 0 Å². The Bertz CT molecular complexity index is 358. The Morgan fingerprint density at radius 1 is 1.24 bits per heavy atom. The van der Waals surface area contributed by atoms with Gasteiger partial charge in [0.15, 0.2) is 0 Å². The van der Waals surface area contributed by atoms with Crippen molar-refractivity contribution in [3.05, 3.63) is 30.1 Å². The van der Waals surface area contributed by atoms with E-state index in [9.17, 15) is 4.79 Å². The number of nitrogens with zero attached hydrogens (tertiary/aromatic N) is 1. The zero-order valence-electron chi connectivity index (χ0n) is 10.1. The van der Waals surface area contributed by atoms with E-state index < -0.39 is 0 Å². The molecule has 0 aromatic carbocycles. The zero-order chi connectivity index (χ0) is 12.1. The number of hydrogen-bond acceptors (Lipinski definition) is 3. The summed E-state index contributed by atoms with van der Waals surface area (Å²) in [7, 11) is 2.00. The van der Waals surface area contributed by atoms with Gasteiger partial charge in [0, 0.05) is 18.3 Å². The summed E-state index contributed by atoms with van der Waals surface area (Å²) < 4.78 is 0. The molecule has 1 saturated carbocycles. The topological polar surface area (TPSA) is 54.0 Å². The minimum atomic E-state index is -0.0569. The number of carbonyl (C=O) groups excluding carboxylic acids is 1. The Balaban J connectivity index is 1.84. The monoisotopic (exact) mass is 233 g/mol. The predicted octanol–water partition coefficient (Wildman–Crippen LogP) is 1.34. The lowest BCUT2D eigenvalue weighted by Gasteiger charge is -2.28. The average Bonchev–Trinajstić information content (AvgIpc) is 2.40. The molecule has 0 aliphatic heterocycles. The maximum Gasteiger partial charge on any atom is 0.270 e. The number of pyridine rings is 1. The normalized spacial score (nSPS) is 24.3. The van der Waals surface area contributed by atoms with E-state index in [1.54, 1.807) is 12.3 Å². The molecule has 0 radical (unpaired) electrons. The Hall–Kier alpha value is -1.42. The van der Waals surface area contributed by atoms with E-state index in [1.165, 1.54) is 0 Å². The first-order valence-corrected chi connectivity index (χ1v) is 6.18. The fraction of sp³-hybridized carbons (Fsp3) is 0.538. The highest BCUT2D eigenvalue weighted by Gasteiger charge is 2.21. The van der Waals surface area contributed by atoms with Crippen LogP contribution in [0.3, 0.4) is 0 Å². The Morgan fingerprint density at radius 3 is 2.53 bits per heavy atom. The molecule has 1 aliphatic carbocycles. The molecule has 0 spiro atoms. The van der Waals surface area contributed by atoms with E-state index in [-0.39, 0.29) is 5.91 Å². The van der Waals surface area contributed by atoms with Gasteiger partial charge in [-0.05, 0) is 44.9 Å². The van der Waals surface area contributed by atoms with Crippen LogP contribution in [0, 0.1) is 0 Å². The highest BCUT2D eigenvalue weighted by atomic mass is 16.1. The van der Waals surface area contributed by atoms with E-state index in [0.717, 1.165) is 25.7 Å². The van der Waals surface area contributed by atoms with Gasteiger partial charge in [0.25, 0.3) is 5.91 Å². The second-order valence-electron chi connectivity index (χ2n) is 4.53. The number of carbonyl (C=O) groups is 1.